The van der Waals surface area contributed by atoms with Gasteiger partial charge < -0.3 is 5.32 Å². The van der Waals surface area contributed by atoms with Crippen LogP contribution in [-0.2, 0) is 0 Å². The summed E-state index contributed by atoms with van der Waals surface area (Å²) in [6.45, 7) is 1.91. The summed E-state index contributed by atoms with van der Waals surface area (Å²) in [4.78, 5) is 11.8. The quantitative estimate of drug-likeness (QED) is 0.864. The Labute approximate surface area is 103 Å². The number of carbonyl (C=O) groups is 1. The number of carbonyl (C=O) groups excluding carboxylic acids is 1. The maximum Gasteiger partial charge on any atom is 0.258 e. The van der Waals surface area contributed by atoms with Crippen molar-refractivity contribution >= 4 is 11.6 Å². The van der Waals surface area contributed by atoms with E-state index in [-0.39, 0.29) is 5.56 Å². The summed E-state index contributed by atoms with van der Waals surface area (Å²) < 4.78 is 26.4. The van der Waals surface area contributed by atoms with E-state index in [1.54, 1.807) is 12.1 Å². The normalized spacial score (nSPS) is 10.2. The van der Waals surface area contributed by atoms with Crippen LogP contribution in [0.2, 0.25) is 0 Å². The number of halogens is 2. The van der Waals surface area contributed by atoms with Crippen LogP contribution in [0.1, 0.15) is 15.9 Å². The molecule has 18 heavy (non-hydrogen) atoms. The van der Waals surface area contributed by atoms with Crippen molar-refractivity contribution in [2.24, 2.45) is 0 Å². The first-order valence-electron chi connectivity index (χ1n) is 5.40. The Bertz CT molecular complexity index is 579. The van der Waals surface area contributed by atoms with Gasteiger partial charge in [-0.2, -0.15) is 0 Å². The van der Waals surface area contributed by atoms with E-state index in [9.17, 15) is 13.6 Å². The van der Waals surface area contributed by atoms with Gasteiger partial charge in [0.1, 0.15) is 0 Å². The number of anilines is 1. The van der Waals surface area contributed by atoms with Crippen LogP contribution in [0.25, 0.3) is 0 Å². The number of benzene rings is 2. The van der Waals surface area contributed by atoms with Gasteiger partial charge in [-0.05, 0) is 31.2 Å². The lowest BCUT2D eigenvalue weighted by Crippen LogP contribution is -2.14. The maximum atomic E-state index is 13.4. The van der Waals surface area contributed by atoms with E-state index in [1.165, 1.54) is 12.1 Å². The van der Waals surface area contributed by atoms with Gasteiger partial charge in [0.2, 0.25) is 0 Å². The zero-order valence-corrected chi connectivity index (χ0v) is 9.71. The lowest BCUT2D eigenvalue weighted by atomic mass is 10.1. The molecule has 0 saturated carbocycles. The van der Waals surface area contributed by atoms with Crippen LogP contribution in [0.4, 0.5) is 14.5 Å². The third-order valence-electron chi connectivity index (χ3n) is 2.51. The van der Waals surface area contributed by atoms with Crippen LogP contribution < -0.4 is 5.32 Å². The van der Waals surface area contributed by atoms with Crippen LogP contribution in [0.15, 0.2) is 42.5 Å². The third kappa shape index (κ3) is 2.53. The standard InChI is InChI=1S/C14H11F2NO/c1-9-5-7-10(8-6-9)17-14(18)11-3-2-4-12(15)13(11)16/h2-8H,1H3,(H,17,18). The van der Waals surface area contributed by atoms with E-state index in [2.05, 4.69) is 5.32 Å². The molecule has 1 N–H and O–H groups in total. The summed E-state index contributed by atoms with van der Waals surface area (Å²) in [5.74, 6) is -2.84. The molecule has 0 bridgehead atoms. The van der Waals surface area contributed by atoms with Crippen LogP contribution in [0, 0.1) is 18.6 Å². The first-order chi connectivity index (χ1) is 8.58. The molecule has 2 nitrogen and oxygen atoms in total. The second-order valence-electron chi connectivity index (χ2n) is 3.92. The largest absolute Gasteiger partial charge is 0.322 e. The van der Waals surface area contributed by atoms with Crippen LogP contribution in [0.5, 0.6) is 0 Å². The molecule has 0 fully saturated rings. The highest BCUT2D eigenvalue weighted by Gasteiger charge is 2.14. The molecule has 0 heterocycles. The summed E-state index contributed by atoms with van der Waals surface area (Å²) in [6.07, 6.45) is 0. The van der Waals surface area contributed by atoms with Crippen molar-refractivity contribution in [3.8, 4) is 0 Å². The Morgan fingerprint density at radius 3 is 2.39 bits per heavy atom. The van der Waals surface area contributed by atoms with Gasteiger partial charge in [-0.3, -0.25) is 4.79 Å². The zero-order valence-electron chi connectivity index (χ0n) is 9.71. The highest BCUT2D eigenvalue weighted by atomic mass is 19.2. The molecule has 4 heteroatoms. The molecule has 1 amide bonds. The van der Waals surface area contributed by atoms with E-state index in [0.717, 1.165) is 11.6 Å². The monoisotopic (exact) mass is 247 g/mol. The molecule has 0 aliphatic rings. The van der Waals surface area contributed by atoms with Crippen molar-refractivity contribution in [2.75, 3.05) is 5.32 Å². The molecule has 0 saturated heterocycles. The average molecular weight is 247 g/mol. The summed E-state index contributed by atoms with van der Waals surface area (Å²) >= 11 is 0. The highest BCUT2D eigenvalue weighted by Crippen LogP contribution is 2.14. The number of rotatable bonds is 2. The Hall–Kier alpha value is -2.23. The molecule has 0 aliphatic carbocycles. The van der Waals surface area contributed by atoms with E-state index < -0.39 is 17.5 Å². The van der Waals surface area contributed by atoms with Gasteiger partial charge in [-0.1, -0.05) is 23.8 Å². The summed E-state index contributed by atoms with van der Waals surface area (Å²) in [6, 6.07) is 10.5. The SMILES string of the molecule is Cc1ccc(NC(=O)c2cccc(F)c2F)cc1. The van der Waals surface area contributed by atoms with Crippen molar-refractivity contribution in [1.82, 2.24) is 0 Å². The number of hydrogen-bond donors (Lipinski definition) is 1. The number of hydrogen-bond acceptors (Lipinski definition) is 1. The molecule has 0 unspecified atom stereocenters. The Kier molecular flexibility index (Phi) is 3.37. The van der Waals surface area contributed by atoms with Gasteiger partial charge in [-0.15, -0.1) is 0 Å². The molecule has 0 radical (unpaired) electrons. The minimum atomic E-state index is -1.14. The van der Waals surface area contributed by atoms with Gasteiger partial charge in [0.05, 0.1) is 5.56 Å². The van der Waals surface area contributed by atoms with E-state index in [1.807, 2.05) is 19.1 Å². The summed E-state index contributed by atoms with van der Waals surface area (Å²) in [7, 11) is 0. The fraction of sp³-hybridized carbons (Fsp3) is 0.0714. The van der Waals surface area contributed by atoms with Gasteiger partial charge in [0.25, 0.3) is 5.91 Å². The Balaban J connectivity index is 2.22. The van der Waals surface area contributed by atoms with Crippen molar-refractivity contribution in [1.29, 1.82) is 0 Å². The van der Waals surface area contributed by atoms with E-state index in [0.29, 0.717) is 5.69 Å². The topological polar surface area (TPSA) is 29.1 Å². The smallest absolute Gasteiger partial charge is 0.258 e. The predicted octanol–water partition coefficient (Wildman–Crippen LogP) is 3.53. The Morgan fingerprint density at radius 1 is 1.06 bits per heavy atom. The molecule has 2 aromatic rings. The predicted molar refractivity (Wildman–Crippen MR) is 65.5 cm³/mol. The summed E-state index contributed by atoms with van der Waals surface area (Å²) in [5.41, 5.74) is 1.27. The fourth-order valence-electron chi connectivity index (χ4n) is 1.51. The second-order valence-corrected chi connectivity index (χ2v) is 3.92. The molecule has 0 aliphatic heterocycles. The van der Waals surface area contributed by atoms with Gasteiger partial charge in [0, 0.05) is 5.69 Å². The maximum absolute atomic E-state index is 13.4. The third-order valence-corrected chi connectivity index (χ3v) is 2.51. The summed E-state index contributed by atoms with van der Waals surface area (Å²) in [5, 5.41) is 2.51. The number of aryl methyl sites for hydroxylation is 1. The fourth-order valence-corrected chi connectivity index (χ4v) is 1.51. The van der Waals surface area contributed by atoms with E-state index in [4.69, 9.17) is 0 Å². The van der Waals surface area contributed by atoms with Crippen LogP contribution >= 0.6 is 0 Å². The van der Waals surface area contributed by atoms with Gasteiger partial charge in [0.15, 0.2) is 11.6 Å². The minimum absolute atomic E-state index is 0.310. The van der Waals surface area contributed by atoms with E-state index >= 15 is 0 Å². The highest BCUT2D eigenvalue weighted by molar-refractivity contribution is 6.04. The van der Waals surface area contributed by atoms with Crippen molar-refractivity contribution in [3.05, 3.63) is 65.2 Å². The van der Waals surface area contributed by atoms with Crippen molar-refractivity contribution in [2.45, 2.75) is 6.92 Å². The minimum Gasteiger partial charge on any atom is -0.322 e. The first-order valence-corrected chi connectivity index (χ1v) is 5.40. The lowest BCUT2D eigenvalue weighted by molar-refractivity contribution is 0.102. The molecule has 0 aromatic heterocycles. The van der Waals surface area contributed by atoms with Crippen molar-refractivity contribution in [3.63, 3.8) is 0 Å². The van der Waals surface area contributed by atoms with Crippen LogP contribution in [0.3, 0.4) is 0 Å². The molecule has 2 aromatic carbocycles. The lowest BCUT2D eigenvalue weighted by Gasteiger charge is -2.06. The zero-order chi connectivity index (χ0) is 13.1. The second kappa shape index (κ2) is 4.96. The van der Waals surface area contributed by atoms with Gasteiger partial charge >= 0.3 is 0 Å². The molecule has 0 spiro atoms. The molecular formula is C14H11F2NO. The van der Waals surface area contributed by atoms with Gasteiger partial charge in [-0.25, -0.2) is 8.78 Å². The van der Waals surface area contributed by atoms with Crippen LogP contribution in [-0.4, -0.2) is 5.91 Å². The first kappa shape index (κ1) is 12.2. The molecule has 0 atom stereocenters. The molecular weight excluding hydrogens is 236 g/mol. The average Bonchev–Trinajstić information content (AvgIpc) is 2.35. The molecule has 92 valence electrons. The van der Waals surface area contributed by atoms with Crippen molar-refractivity contribution < 1.29 is 13.6 Å². The number of amides is 1. The Morgan fingerprint density at radius 2 is 1.72 bits per heavy atom. The number of nitrogens with one attached hydrogen (secondary N) is 1. The molecule has 2 rings (SSSR count).